The molecule has 0 aromatic heterocycles. The quantitative estimate of drug-likeness (QED) is 0.500. The molecule has 0 bridgehead atoms. The van der Waals surface area contributed by atoms with E-state index in [1.54, 1.807) is 0 Å². The minimum absolute atomic E-state index is 0.836. The van der Waals surface area contributed by atoms with Crippen molar-refractivity contribution in [2.24, 2.45) is 0 Å². The fourth-order valence-corrected chi connectivity index (χ4v) is 1.28. The van der Waals surface area contributed by atoms with Crippen LogP contribution < -0.4 is 0 Å². The second kappa shape index (κ2) is 7.07. The molecule has 0 spiro atoms. The normalized spacial score (nSPS) is 12.2. The second-order valence-corrected chi connectivity index (χ2v) is 4.18. The van der Waals surface area contributed by atoms with Crippen molar-refractivity contribution in [3.8, 4) is 0 Å². The van der Waals surface area contributed by atoms with E-state index in [9.17, 15) is 0 Å². The molecule has 0 amide bonds. The Morgan fingerprint density at radius 2 is 1.69 bits per heavy atom. The predicted molar refractivity (Wildman–Crippen MR) is 72.9 cm³/mol. The molecule has 0 saturated heterocycles. The van der Waals surface area contributed by atoms with Crippen LogP contribution in [0.4, 0.5) is 0 Å². The van der Waals surface area contributed by atoms with E-state index in [-0.39, 0.29) is 0 Å². The minimum Gasteiger partial charge on any atom is -0.307 e. The number of hydrogen-bond acceptors (Lipinski definition) is 2. The highest BCUT2D eigenvalue weighted by molar-refractivity contribution is 5.26. The van der Waals surface area contributed by atoms with E-state index < -0.39 is 0 Å². The molecule has 0 unspecified atom stereocenters. The zero-order valence-electron chi connectivity index (χ0n) is 11.2. The molecule has 0 aliphatic heterocycles. The Hall–Kier alpha value is -1.28. The first-order chi connectivity index (χ1) is 7.38. The van der Waals surface area contributed by atoms with Crippen LogP contribution in [0.1, 0.15) is 20.8 Å². The summed E-state index contributed by atoms with van der Waals surface area (Å²) in [5.74, 6) is 0. The SMILES string of the molecule is C=C(C)/C=C\C(=C/C)CN(C(=C)C)N(C)C. The lowest BCUT2D eigenvalue weighted by Crippen LogP contribution is -2.36. The largest absolute Gasteiger partial charge is 0.307 e. The summed E-state index contributed by atoms with van der Waals surface area (Å²) in [5, 5.41) is 4.17. The van der Waals surface area contributed by atoms with Gasteiger partial charge < -0.3 is 5.01 Å². The lowest BCUT2D eigenvalue weighted by molar-refractivity contribution is 0.0786. The molecule has 0 rings (SSSR count). The topological polar surface area (TPSA) is 6.48 Å². The van der Waals surface area contributed by atoms with Crippen molar-refractivity contribution in [1.82, 2.24) is 10.0 Å². The van der Waals surface area contributed by atoms with Gasteiger partial charge in [0.25, 0.3) is 0 Å². The van der Waals surface area contributed by atoms with Gasteiger partial charge in [0.2, 0.25) is 0 Å². The maximum atomic E-state index is 3.97. The van der Waals surface area contributed by atoms with Gasteiger partial charge in [-0.05, 0) is 26.3 Å². The zero-order chi connectivity index (χ0) is 12.7. The molecule has 0 aromatic rings. The Morgan fingerprint density at radius 3 is 2.00 bits per heavy atom. The number of rotatable bonds is 6. The average Bonchev–Trinajstić information content (AvgIpc) is 2.16. The molecule has 2 nitrogen and oxygen atoms in total. The molecule has 0 aromatic carbocycles. The van der Waals surface area contributed by atoms with Crippen molar-refractivity contribution >= 4 is 0 Å². The van der Waals surface area contributed by atoms with Crippen molar-refractivity contribution in [1.29, 1.82) is 0 Å². The minimum atomic E-state index is 0.836. The molecule has 0 N–H and O–H groups in total. The van der Waals surface area contributed by atoms with Gasteiger partial charge in [-0.2, -0.15) is 0 Å². The number of hydrazine groups is 1. The van der Waals surface area contributed by atoms with Crippen LogP contribution in [0.3, 0.4) is 0 Å². The van der Waals surface area contributed by atoms with Crippen molar-refractivity contribution < 1.29 is 0 Å². The molecule has 16 heavy (non-hydrogen) atoms. The fraction of sp³-hybridized carbons (Fsp3) is 0.429. The highest BCUT2D eigenvalue weighted by atomic mass is 15.6. The van der Waals surface area contributed by atoms with E-state index in [1.807, 2.05) is 46.0 Å². The third-order valence-electron chi connectivity index (χ3n) is 2.21. The summed E-state index contributed by atoms with van der Waals surface area (Å²) in [5.41, 5.74) is 3.35. The molecule has 90 valence electrons. The fourth-order valence-electron chi connectivity index (χ4n) is 1.28. The van der Waals surface area contributed by atoms with Crippen LogP contribution in [0.2, 0.25) is 0 Å². The van der Waals surface area contributed by atoms with Crippen molar-refractivity contribution in [3.63, 3.8) is 0 Å². The summed E-state index contributed by atoms with van der Waals surface area (Å²) >= 11 is 0. The first-order valence-electron chi connectivity index (χ1n) is 5.47. The highest BCUT2D eigenvalue weighted by Crippen LogP contribution is 2.09. The van der Waals surface area contributed by atoms with E-state index >= 15 is 0 Å². The summed E-state index contributed by atoms with van der Waals surface area (Å²) < 4.78 is 0. The third-order valence-corrected chi connectivity index (χ3v) is 2.21. The molecule has 0 aliphatic carbocycles. The van der Waals surface area contributed by atoms with Gasteiger partial charge in [0.15, 0.2) is 0 Å². The van der Waals surface area contributed by atoms with E-state index in [0.717, 1.165) is 17.8 Å². The number of hydrogen-bond donors (Lipinski definition) is 0. The van der Waals surface area contributed by atoms with E-state index in [2.05, 4.69) is 30.3 Å². The van der Waals surface area contributed by atoms with Crippen LogP contribution in [0.25, 0.3) is 0 Å². The Balaban J connectivity index is 4.64. The Kier molecular flexibility index (Phi) is 6.50. The summed E-state index contributed by atoms with van der Waals surface area (Å²) in [7, 11) is 4.04. The Morgan fingerprint density at radius 1 is 1.12 bits per heavy atom. The molecule has 0 fully saturated rings. The average molecular weight is 220 g/mol. The van der Waals surface area contributed by atoms with Crippen LogP contribution in [-0.4, -0.2) is 30.7 Å². The number of nitrogens with zero attached hydrogens (tertiary/aromatic N) is 2. The Labute approximate surface area is 100 Å². The standard InChI is InChI=1S/C14H24N2/c1-8-14(10-9-12(2)3)11-16(13(4)5)15(6)7/h8-10H,2,4,11H2,1,3,5-7H3/b10-9-,14-8+. The molecule has 0 radical (unpaired) electrons. The van der Waals surface area contributed by atoms with Gasteiger partial charge in [0, 0.05) is 19.8 Å². The van der Waals surface area contributed by atoms with Crippen molar-refractivity contribution in [2.75, 3.05) is 20.6 Å². The zero-order valence-corrected chi connectivity index (χ0v) is 11.2. The Bertz CT molecular complexity index is 309. The van der Waals surface area contributed by atoms with Crippen molar-refractivity contribution in [2.45, 2.75) is 20.8 Å². The second-order valence-electron chi connectivity index (χ2n) is 4.18. The molecule has 0 atom stereocenters. The summed E-state index contributed by atoms with van der Waals surface area (Å²) in [6.07, 6.45) is 6.24. The van der Waals surface area contributed by atoms with Crippen LogP contribution in [-0.2, 0) is 0 Å². The van der Waals surface area contributed by atoms with Gasteiger partial charge in [0.05, 0.1) is 6.54 Å². The summed E-state index contributed by atoms with van der Waals surface area (Å²) in [6, 6.07) is 0. The molecular weight excluding hydrogens is 196 g/mol. The van der Waals surface area contributed by atoms with Gasteiger partial charge in [-0.15, -0.1) is 0 Å². The van der Waals surface area contributed by atoms with Crippen LogP contribution in [0.15, 0.2) is 48.2 Å². The van der Waals surface area contributed by atoms with Gasteiger partial charge >= 0.3 is 0 Å². The van der Waals surface area contributed by atoms with Gasteiger partial charge in [-0.1, -0.05) is 37.0 Å². The van der Waals surface area contributed by atoms with Crippen molar-refractivity contribution in [3.05, 3.63) is 48.2 Å². The molecule has 0 heterocycles. The van der Waals surface area contributed by atoms with Crippen LogP contribution in [0.5, 0.6) is 0 Å². The third kappa shape index (κ3) is 5.56. The van der Waals surface area contributed by atoms with Crippen LogP contribution in [0, 0.1) is 0 Å². The lowest BCUT2D eigenvalue weighted by atomic mass is 10.2. The molecule has 0 saturated carbocycles. The monoisotopic (exact) mass is 220 g/mol. The van der Waals surface area contributed by atoms with E-state index in [4.69, 9.17) is 0 Å². The predicted octanol–water partition coefficient (Wildman–Crippen LogP) is 3.38. The van der Waals surface area contributed by atoms with Crippen LogP contribution >= 0.6 is 0 Å². The number of allylic oxidation sites excluding steroid dienone is 4. The summed E-state index contributed by atoms with van der Waals surface area (Å²) in [4.78, 5) is 0. The highest BCUT2D eigenvalue weighted by Gasteiger charge is 2.07. The molecular formula is C14H24N2. The smallest absolute Gasteiger partial charge is 0.0589 e. The van der Waals surface area contributed by atoms with Gasteiger partial charge in [-0.25, -0.2) is 5.01 Å². The van der Waals surface area contributed by atoms with E-state index in [0.29, 0.717) is 0 Å². The van der Waals surface area contributed by atoms with Gasteiger partial charge in [-0.3, -0.25) is 0 Å². The first-order valence-corrected chi connectivity index (χ1v) is 5.47. The van der Waals surface area contributed by atoms with E-state index in [1.165, 1.54) is 5.57 Å². The van der Waals surface area contributed by atoms with Gasteiger partial charge in [0.1, 0.15) is 0 Å². The maximum Gasteiger partial charge on any atom is 0.0589 e. The maximum absolute atomic E-state index is 3.97. The summed E-state index contributed by atoms with van der Waals surface area (Å²) in [6.45, 7) is 14.7. The molecule has 2 heteroatoms. The lowest BCUT2D eigenvalue weighted by Gasteiger charge is -2.31. The molecule has 0 aliphatic rings. The first kappa shape index (κ1) is 14.7.